The highest BCUT2D eigenvalue weighted by Gasteiger charge is 2.13. The van der Waals surface area contributed by atoms with Gasteiger partial charge in [0.05, 0.1) is 0 Å². The average molecular weight is 271 g/mol. The summed E-state index contributed by atoms with van der Waals surface area (Å²) in [4.78, 5) is 0. The van der Waals surface area contributed by atoms with Crippen LogP contribution in [0.1, 0.15) is 11.3 Å². The van der Waals surface area contributed by atoms with E-state index in [0.29, 0.717) is 0 Å². The van der Waals surface area contributed by atoms with Crippen LogP contribution in [0.4, 0.5) is 0 Å². The zero-order valence-electron chi connectivity index (χ0n) is 12.1. The maximum atomic E-state index is 2.32. The molecule has 1 heterocycles. The number of fused-ring (bicyclic) bond motifs is 3. The molecule has 0 aliphatic heterocycles. The summed E-state index contributed by atoms with van der Waals surface area (Å²) >= 11 is 0. The Morgan fingerprint density at radius 3 is 2.62 bits per heavy atom. The molecule has 0 radical (unpaired) electrons. The first kappa shape index (κ1) is 12.2. The van der Waals surface area contributed by atoms with Crippen molar-refractivity contribution >= 4 is 17.0 Å². The van der Waals surface area contributed by atoms with Gasteiger partial charge in [0.2, 0.25) is 0 Å². The molecule has 102 valence electrons. The SMILES string of the molecule is Cn1c2c(c3cc(-c4ccccc4)ccc31)C=CC=CC2. The molecule has 2 aromatic carbocycles. The lowest BCUT2D eigenvalue weighted by molar-refractivity contribution is 0.888. The van der Waals surface area contributed by atoms with Crippen LogP contribution >= 0.6 is 0 Å². The van der Waals surface area contributed by atoms with Crippen molar-refractivity contribution in [2.75, 3.05) is 0 Å². The smallest absolute Gasteiger partial charge is 0.0486 e. The Morgan fingerprint density at radius 2 is 1.76 bits per heavy atom. The van der Waals surface area contributed by atoms with Crippen molar-refractivity contribution in [3.63, 3.8) is 0 Å². The van der Waals surface area contributed by atoms with Crippen molar-refractivity contribution in [3.8, 4) is 11.1 Å². The van der Waals surface area contributed by atoms with Crippen LogP contribution in [0.3, 0.4) is 0 Å². The standard InChI is InChI=1S/C20H17N/c1-21-19-11-7-3-6-10-17(19)18-14-16(12-13-20(18)21)15-8-4-2-5-9-15/h2-10,12-14H,11H2,1H3. The fourth-order valence-electron chi connectivity index (χ4n) is 3.18. The number of allylic oxidation sites excluding steroid dienone is 3. The van der Waals surface area contributed by atoms with Crippen LogP contribution in [0, 0.1) is 0 Å². The van der Waals surface area contributed by atoms with Crippen molar-refractivity contribution in [2.24, 2.45) is 7.05 Å². The Labute approximate surface area is 124 Å². The minimum Gasteiger partial charge on any atom is -0.347 e. The molecule has 0 saturated carbocycles. The van der Waals surface area contributed by atoms with Crippen molar-refractivity contribution in [1.29, 1.82) is 0 Å². The van der Waals surface area contributed by atoms with Gasteiger partial charge in [-0.25, -0.2) is 0 Å². The molecule has 1 nitrogen and oxygen atoms in total. The Morgan fingerprint density at radius 1 is 0.905 bits per heavy atom. The molecule has 1 heteroatoms. The first-order valence-electron chi connectivity index (χ1n) is 7.34. The fraction of sp³-hybridized carbons (Fsp3) is 0.100. The molecule has 0 N–H and O–H groups in total. The summed E-state index contributed by atoms with van der Waals surface area (Å²) in [6.45, 7) is 0. The van der Waals surface area contributed by atoms with Gasteiger partial charge in [-0.2, -0.15) is 0 Å². The van der Waals surface area contributed by atoms with Gasteiger partial charge in [0.15, 0.2) is 0 Å². The molecular weight excluding hydrogens is 254 g/mol. The lowest BCUT2D eigenvalue weighted by Crippen LogP contribution is -1.95. The Bertz CT molecular complexity index is 864. The minimum absolute atomic E-state index is 0.994. The highest BCUT2D eigenvalue weighted by molar-refractivity contribution is 5.94. The monoisotopic (exact) mass is 271 g/mol. The second-order valence-corrected chi connectivity index (χ2v) is 5.51. The van der Waals surface area contributed by atoms with Gasteiger partial charge >= 0.3 is 0 Å². The highest BCUT2D eigenvalue weighted by atomic mass is 14.9. The Balaban J connectivity index is 1.98. The van der Waals surface area contributed by atoms with Crippen LogP contribution < -0.4 is 0 Å². The fourth-order valence-corrected chi connectivity index (χ4v) is 3.18. The molecule has 1 aliphatic carbocycles. The zero-order valence-corrected chi connectivity index (χ0v) is 12.1. The molecule has 3 aromatic rings. The maximum absolute atomic E-state index is 2.32. The van der Waals surface area contributed by atoms with Gasteiger partial charge in [0, 0.05) is 35.6 Å². The van der Waals surface area contributed by atoms with Crippen LogP contribution in [0.15, 0.2) is 66.8 Å². The number of hydrogen-bond acceptors (Lipinski definition) is 0. The number of hydrogen-bond donors (Lipinski definition) is 0. The molecule has 0 fully saturated rings. The predicted molar refractivity (Wildman–Crippen MR) is 90.2 cm³/mol. The van der Waals surface area contributed by atoms with Gasteiger partial charge in [-0.15, -0.1) is 0 Å². The number of aryl methyl sites for hydroxylation is 1. The van der Waals surface area contributed by atoms with E-state index in [0.717, 1.165) is 6.42 Å². The van der Waals surface area contributed by atoms with Crippen molar-refractivity contribution in [3.05, 3.63) is 78.0 Å². The van der Waals surface area contributed by atoms with E-state index < -0.39 is 0 Å². The van der Waals surface area contributed by atoms with Gasteiger partial charge < -0.3 is 4.57 Å². The normalized spacial score (nSPS) is 13.4. The second kappa shape index (κ2) is 4.78. The summed E-state index contributed by atoms with van der Waals surface area (Å²) in [5.41, 5.74) is 6.60. The lowest BCUT2D eigenvalue weighted by Gasteiger charge is -2.03. The highest BCUT2D eigenvalue weighted by Crippen LogP contribution is 2.32. The molecule has 0 spiro atoms. The largest absolute Gasteiger partial charge is 0.347 e. The van der Waals surface area contributed by atoms with Crippen LogP contribution in [0.25, 0.3) is 28.1 Å². The van der Waals surface area contributed by atoms with Crippen LogP contribution in [-0.2, 0) is 13.5 Å². The molecular formula is C20H17N. The van der Waals surface area contributed by atoms with Crippen LogP contribution in [-0.4, -0.2) is 4.57 Å². The van der Waals surface area contributed by atoms with Crippen molar-refractivity contribution in [2.45, 2.75) is 6.42 Å². The number of rotatable bonds is 1. The minimum atomic E-state index is 0.994. The van der Waals surface area contributed by atoms with Gasteiger partial charge in [0.25, 0.3) is 0 Å². The predicted octanol–water partition coefficient (Wildman–Crippen LogP) is 4.97. The number of nitrogens with zero attached hydrogens (tertiary/aromatic N) is 1. The second-order valence-electron chi connectivity index (χ2n) is 5.51. The third-order valence-electron chi connectivity index (χ3n) is 4.29. The molecule has 0 unspecified atom stereocenters. The molecule has 0 amide bonds. The van der Waals surface area contributed by atoms with Crippen LogP contribution in [0.2, 0.25) is 0 Å². The first-order chi connectivity index (χ1) is 10.3. The van der Waals surface area contributed by atoms with E-state index in [-0.39, 0.29) is 0 Å². The van der Waals surface area contributed by atoms with Crippen molar-refractivity contribution in [1.82, 2.24) is 4.57 Å². The van der Waals surface area contributed by atoms with E-state index in [1.807, 2.05) is 0 Å². The van der Waals surface area contributed by atoms with E-state index >= 15 is 0 Å². The summed E-state index contributed by atoms with van der Waals surface area (Å²) in [5, 5.41) is 1.34. The summed E-state index contributed by atoms with van der Waals surface area (Å²) in [7, 11) is 2.16. The van der Waals surface area contributed by atoms with E-state index in [4.69, 9.17) is 0 Å². The van der Waals surface area contributed by atoms with E-state index in [2.05, 4.69) is 84.4 Å². The third-order valence-corrected chi connectivity index (χ3v) is 4.29. The molecule has 1 aromatic heterocycles. The topological polar surface area (TPSA) is 4.93 Å². The van der Waals surface area contributed by atoms with Crippen LogP contribution in [0.5, 0.6) is 0 Å². The number of aromatic nitrogens is 1. The zero-order chi connectivity index (χ0) is 14.2. The molecule has 0 atom stereocenters. The molecule has 4 rings (SSSR count). The maximum Gasteiger partial charge on any atom is 0.0486 e. The van der Waals surface area contributed by atoms with E-state index in [1.54, 1.807) is 0 Å². The van der Waals surface area contributed by atoms with E-state index in [9.17, 15) is 0 Å². The molecule has 0 saturated heterocycles. The van der Waals surface area contributed by atoms with Gasteiger partial charge in [0.1, 0.15) is 0 Å². The third kappa shape index (κ3) is 1.93. The molecule has 21 heavy (non-hydrogen) atoms. The Hall–Kier alpha value is -2.54. The molecule has 0 bridgehead atoms. The summed E-state index contributed by atoms with van der Waals surface area (Å²) < 4.78 is 2.32. The summed E-state index contributed by atoms with van der Waals surface area (Å²) in [5.74, 6) is 0. The Kier molecular flexibility index (Phi) is 2.78. The van der Waals surface area contributed by atoms with Gasteiger partial charge in [-0.05, 0) is 23.3 Å². The average Bonchev–Trinajstić information content (AvgIpc) is 2.72. The van der Waals surface area contributed by atoms with Crippen molar-refractivity contribution < 1.29 is 0 Å². The van der Waals surface area contributed by atoms with Gasteiger partial charge in [-0.3, -0.25) is 0 Å². The first-order valence-corrected chi connectivity index (χ1v) is 7.34. The van der Waals surface area contributed by atoms with Gasteiger partial charge in [-0.1, -0.05) is 60.7 Å². The lowest BCUT2D eigenvalue weighted by atomic mass is 10.0. The quantitative estimate of drug-likeness (QED) is 0.589. The summed E-state index contributed by atoms with van der Waals surface area (Å²) in [6, 6.07) is 17.4. The van der Waals surface area contributed by atoms with E-state index in [1.165, 1.54) is 33.3 Å². The number of benzene rings is 2. The molecule has 1 aliphatic rings. The summed E-state index contributed by atoms with van der Waals surface area (Å²) in [6.07, 6.45) is 9.72.